The van der Waals surface area contributed by atoms with Crippen molar-refractivity contribution in [3.8, 4) is 5.75 Å². The van der Waals surface area contributed by atoms with Crippen molar-refractivity contribution in [3.63, 3.8) is 0 Å². The van der Waals surface area contributed by atoms with E-state index in [4.69, 9.17) is 21.1 Å². The zero-order valence-corrected chi connectivity index (χ0v) is 15.0. The van der Waals surface area contributed by atoms with Gasteiger partial charge in [0.2, 0.25) is 0 Å². The van der Waals surface area contributed by atoms with E-state index in [2.05, 4.69) is 6.92 Å². The first-order chi connectivity index (χ1) is 12.1. The van der Waals surface area contributed by atoms with Crippen LogP contribution in [-0.4, -0.2) is 23.8 Å². The van der Waals surface area contributed by atoms with Gasteiger partial charge in [0.25, 0.3) is 0 Å². The second-order valence-electron chi connectivity index (χ2n) is 5.79. The number of ether oxygens (including phenoxy) is 2. The highest BCUT2D eigenvalue weighted by Crippen LogP contribution is 2.19. The van der Waals surface area contributed by atoms with Gasteiger partial charge < -0.3 is 14.6 Å². The lowest BCUT2D eigenvalue weighted by molar-refractivity contribution is 0.0206. The zero-order chi connectivity index (χ0) is 18.1. The Kier molecular flexibility index (Phi) is 7.76. The van der Waals surface area contributed by atoms with Crippen molar-refractivity contribution >= 4 is 17.6 Å². The predicted molar refractivity (Wildman–Crippen MR) is 98.5 cm³/mol. The monoisotopic (exact) mass is 362 g/mol. The molecule has 2 rings (SSSR count). The van der Waals surface area contributed by atoms with Crippen molar-refractivity contribution in [2.75, 3.05) is 6.61 Å². The van der Waals surface area contributed by atoms with Gasteiger partial charge in [0.15, 0.2) is 0 Å². The van der Waals surface area contributed by atoms with Gasteiger partial charge in [-0.05, 0) is 36.2 Å². The van der Waals surface area contributed by atoms with Gasteiger partial charge in [0.05, 0.1) is 19.3 Å². The molecule has 25 heavy (non-hydrogen) atoms. The molecule has 0 bridgehead atoms. The Bertz CT molecular complexity index is 670. The topological polar surface area (TPSA) is 55.8 Å². The quantitative estimate of drug-likeness (QED) is 0.631. The third-order valence-corrected chi connectivity index (χ3v) is 4.08. The molecule has 1 atom stereocenters. The smallest absolute Gasteiger partial charge is 0.339 e. The Hall–Kier alpha value is -2.04. The van der Waals surface area contributed by atoms with Crippen LogP contribution in [0, 0.1) is 0 Å². The maximum Gasteiger partial charge on any atom is 0.339 e. The third-order valence-electron chi connectivity index (χ3n) is 3.82. The van der Waals surface area contributed by atoms with Crippen LogP contribution in [0.1, 0.15) is 42.1 Å². The van der Waals surface area contributed by atoms with E-state index in [0.717, 1.165) is 18.4 Å². The SMILES string of the molecule is CCCC(CCOc1ccccc1C(=O)O)OCc1ccc(Cl)cc1. The minimum absolute atomic E-state index is 0.0673. The average molecular weight is 363 g/mol. The summed E-state index contributed by atoms with van der Waals surface area (Å²) in [5.74, 6) is -0.595. The van der Waals surface area contributed by atoms with Crippen LogP contribution in [-0.2, 0) is 11.3 Å². The summed E-state index contributed by atoms with van der Waals surface area (Å²) in [7, 11) is 0. The van der Waals surface area contributed by atoms with Crippen LogP contribution in [0.3, 0.4) is 0 Å². The lowest BCUT2D eigenvalue weighted by Gasteiger charge is -2.18. The molecule has 0 heterocycles. The lowest BCUT2D eigenvalue weighted by atomic mass is 10.1. The van der Waals surface area contributed by atoms with Crippen molar-refractivity contribution in [3.05, 3.63) is 64.7 Å². The maximum atomic E-state index is 11.2. The molecule has 1 unspecified atom stereocenters. The molecule has 0 amide bonds. The fraction of sp³-hybridized carbons (Fsp3) is 0.350. The fourth-order valence-electron chi connectivity index (χ4n) is 2.50. The Morgan fingerprint density at radius 2 is 1.84 bits per heavy atom. The molecule has 0 aliphatic heterocycles. The standard InChI is InChI=1S/C20H23ClO4/c1-2-5-17(25-14-15-8-10-16(21)11-9-15)12-13-24-19-7-4-3-6-18(19)20(22)23/h3-4,6-11,17H,2,5,12-14H2,1H3,(H,22,23). The van der Waals surface area contributed by atoms with Gasteiger partial charge in [-0.3, -0.25) is 0 Å². The van der Waals surface area contributed by atoms with Crippen LogP contribution in [0.2, 0.25) is 5.02 Å². The average Bonchev–Trinajstić information content (AvgIpc) is 2.61. The minimum atomic E-state index is -0.986. The summed E-state index contributed by atoms with van der Waals surface area (Å²) in [4.78, 5) is 11.2. The van der Waals surface area contributed by atoms with E-state index in [1.54, 1.807) is 18.2 Å². The van der Waals surface area contributed by atoms with Gasteiger partial charge in [-0.15, -0.1) is 0 Å². The Labute approximate surface area is 153 Å². The summed E-state index contributed by atoms with van der Waals surface area (Å²) < 4.78 is 11.6. The summed E-state index contributed by atoms with van der Waals surface area (Å²) in [6.07, 6.45) is 2.71. The van der Waals surface area contributed by atoms with E-state index < -0.39 is 5.97 Å². The van der Waals surface area contributed by atoms with Crippen LogP contribution < -0.4 is 4.74 Å². The van der Waals surface area contributed by atoms with Gasteiger partial charge in [0.1, 0.15) is 11.3 Å². The van der Waals surface area contributed by atoms with E-state index in [1.165, 1.54) is 6.07 Å². The number of halogens is 1. The van der Waals surface area contributed by atoms with Crippen molar-refractivity contribution in [1.29, 1.82) is 0 Å². The van der Waals surface area contributed by atoms with Gasteiger partial charge >= 0.3 is 5.97 Å². The number of rotatable bonds is 10. The Morgan fingerprint density at radius 3 is 2.52 bits per heavy atom. The summed E-state index contributed by atoms with van der Waals surface area (Å²) in [5.41, 5.74) is 1.25. The molecule has 0 aliphatic carbocycles. The fourth-order valence-corrected chi connectivity index (χ4v) is 2.62. The molecule has 5 heteroatoms. The lowest BCUT2D eigenvalue weighted by Crippen LogP contribution is -2.17. The minimum Gasteiger partial charge on any atom is -0.493 e. The number of carboxylic acid groups (broad SMARTS) is 1. The Morgan fingerprint density at radius 1 is 1.12 bits per heavy atom. The van der Waals surface area contributed by atoms with E-state index in [0.29, 0.717) is 30.4 Å². The van der Waals surface area contributed by atoms with E-state index in [-0.39, 0.29) is 11.7 Å². The number of benzene rings is 2. The normalized spacial score (nSPS) is 11.9. The number of carboxylic acids is 1. The molecule has 0 spiro atoms. The van der Waals surface area contributed by atoms with Gasteiger partial charge in [-0.25, -0.2) is 4.79 Å². The van der Waals surface area contributed by atoms with Crippen LogP contribution in [0.5, 0.6) is 5.75 Å². The Balaban J connectivity index is 1.85. The third kappa shape index (κ3) is 6.40. The van der Waals surface area contributed by atoms with Crippen LogP contribution in [0.15, 0.2) is 48.5 Å². The van der Waals surface area contributed by atoms with Crippen molar-refractivity contribution in [2.45, 2.75) is 38.9 Å². The summed E-state index contributed by atoms with van der Waals surface area (Å²) in [6, 6.07) is 14.3. The maximum absolute atomic E-state index is 11.2. The molecule has 2 aromatic carbocycles. The predicted octanol–water partition coefficient (Wildman–Crippen LogP) is 5.19. The first-order valence-corrected chi connectivity index (χ1v) is 8.79. The van der Waals surface area contributed by atoms with Crippen LogP contribution in [0.25, 0.3) is 0 Å². The van der Waals surface area contributed by atoms with Crippen LogP contribution in [0.4, 0.5) is 0 Å². The molecule has 2 aromatic rings. The van der Waals surface area contributed by atoms with Crippen LogP contribution >= 0.6 is 11.6 Å². The summed E-state index contributed by atoms with van der Waals surface area (Å²) in [5, 5.41) is 9.88. The molecule has 1 N–H and O–H groups in total. The molecular weight excluding hydrogens is 340 g/mol. The number of hydrogen-bond acceptors (Lipinski definition) is 3. The zero-order valence-electron chi connectivity index (χ0n) is 14.3. The highest BCUT2D eigenvalue weighted by atomic mass is 35.5. The number of hydrogen-bond donors (Lipinski definition) is 1. The van der Waals surface area contributed by atoms with Crippen molar-refractivity contribution in [1.82, 2.24) is 0 Å². The molecular formula is C20H23ClO4. The van der Waals surface area contributed by atoms with Gasteiger partial charge in [0, 0.05) is 11.4 Å². The second-order valence-corrected chi connectivity index (χ2v) is 6.22. The second kappa shape index (κ2) is 10.1. The van der Waals surface area contributed by atoms with Crippen molar-refractivity contribution < 1.29 is 19.4 Å². The first-order valence-electron chi connectivity index (χ1n) is 8.41. The molecule has 0 aliphatic rings. The molecule has 4 nitrogen and oxygen atoms in total. The molecule has 0 saturated carbocycles. The number of aromatic carboxylic acids is 1. The molecule has 0 aromatic heterocycles. The summed E-state index contributed by atoms with van der Waals surface area (Å²) in [6.45, 7) is 3.04. The van der Waals surface area contributed by atoms with Gasteiger partial charge in [-0.2, -0.15) is 0 Å². The highest BCUT2D eigenvalue weighted by Gasteiger charge is 2.12. The van der Waals surface area contributed by atoms with E-state index >= 15 is 0 Å². The molecule has 0 radical (unpaired) electrons. The number of carbonyl (C=O) groups is 1. The number of para-hydroxylation sites is 1. The van der Waals surface area contributed by atoms with E-state index in [9.17, 15) is 9.90 Å². The summed E-state index contributed by atoms with van der Waals surface area (Å²) >= 11 is 5.89. The molecule has 0 fully saturated rings. The first kappa shape index (κ1) is 19.3. The largest absolute Gasteiger partial charge is 0.493 e. The molecule has 134 valence electrons. The van der Waals surface area contributed by atoms with E-state index in [1.807, 2.05) is 24.3 Å². The van der Waals surface area contributed by atoms with Gasteiger partial charge in [-0.1, -0.05) is 49.2 Å². The molecule has 0 saturated heterocycles. The van der Waals surface area contributed by atoms with Crippen molar-refractivity contribution in [2.24, 2.45) is 0 Å². The highest BCUT2D eigenvalue weighted by molar-refractivity contribution is 6.30.